The molecule has 0 amide bonds. The van der Waals surface area contributed by atoms with E-state index in [1.54, 1.807) is 0 Å². The zero-order valence-corrected chi connectivity index (χ0v) is 20.1. The fourth-order valence-electron chi connectivity index (χ4n) is 6.04. The van der Waals surface area contributed by atoms with Crippen LogP contribution < -0.4 is 4.57 Å². The first kappa shape index (κ1) is 19.8. The third-order valence-electron chi connectivity index (χ3n) is 8.25. The summed E-state index contributed by atoms with van der Waals surface area (Å²) in [5.41, 5.74) is 11.1. The lowest BCUT2D eigenvalue weighted by atomic mass is 9.61. The minimum Gasteiger partial charge on any atom is -0.292 e. The van der Waals surface area contributed by atoms with E-state index in [0.29, 0.717) is 0 Å². The largest absolute Gasteiger partial charge is 0.292 e. The zero-order chi connectivity index (χ0) is 22.5. The lowest BCUT2D eigenvalue weighted by Gasteiger charge is -2.44. The fraction of sp³-hybridized carbons (Fsp3) is 0.367. The minimum atomic E-state index is -0.0712. The van der Waals surface area contributed by atoms with E-state index in [2.05, 4.69) is 118 Å². The number of nitrogens with zero attached hydrogens (tertiary/aromatic N) is 2. The van der Waals surface area contributed by atoms with E-state index in [1.165, 1.54) is 51.8 Å². The Balaban J connectivity index is 1.73. The summed E-state index contributed by atoms with van der Waals surface area (Å²) in [7, 11) is 0. The van der Waals surface area contributed by atoms with Crippen LogP contribution in [-0.4, -0.2) is 4.57 Å². The van der Waals surface area contributed by atoms with Gasteiger partial charge in [-0.3, -0.25) is 9.13 Å². The summed E-state index contributed by atoms with van der Waals surface area (Å²) in [6.45, 7) is 14.4. The quantitative estimate of drug-likeness (QED) is 0.239. The van der Waals surface area contributed by atoms with Crippen molar-refractivity contribution in [2.45, 2.75) is 70.6 Å². The van der Waals surface area contributed by atoms with Crippen LogP contribution in [-0.2, 0) is 16.2 Å². The maximum atomic E-state index is 3.73. The molecule has 1 aliphatic carbocycles. The van der Waals surface area contributed by atoms with Gasteiger partial charge in [-0.15, -0.1) is 0 Å². The SMILES string of the molecule is CC1(C)CCC(C)(C)c2cc3c(cc21)-[n+]1[c-]n(-c2ccccc2)c2cccc(c21)C3(C)C. The molecule has 0 radical (unpaired) electrons. The van der Waals surface area contributed by atoms with Crippen LogP contribution in [0.15, 0.2) is 60.7 Å². The monoisotopic (exact) mass is 420 g/mol. The molecule has 4 aromatic rings. The van der Waals surface area contributed by atoms with Crippen molar-refractivity contribution in [1.82, 2.24) is 4.57 Å². The molecule has 0 saturated carbocycles. The normalized spacial score (nSPS) is 19.4. The molecule has 32 heavy (non-hydrogen) atoms. The van der Waals surface area contributed by atoms with Crippen LogP contribution in [0.25, 0.3) is 22.4 Å². The van der Waals surface area contributed by atoms with E-state index in [1.807, 2.05) is 0 Å². The minimum absolute atomic E-state index is 0.0712. The van der Waals surface area contributed by atoms with E-state index in [9.17, 15) is 0 Å². The predicted molar refractivity (Wildman–Crippen MR) is 131 cm³/mol. The van der Waals surface area contributed by atoms with Gasteiger partial charge in [0, 0.05) is 5.41 Å². The van der Waals surface area contributed by atoms with Gasteiger partial charge < -0.3 is 0 Å². The molecule has 0 unspecified atom stereocenters. The van der Waals surface area contributed by atoms with Gasteiger partial charge in [-0.1, -0.05) is 84.0 Å². The number of hydrogen-bond donors (Lipinski definition) is 0. The Morgan fingerprint density at radius 3 is 2.06 bits per heavy atom. The van der Waals surface area contributed by atoms with Crippen LogP contribution >= 0.6 is 0 Å². The summed E-state index contributed by atoms with van der Waals surface area (Å²) in [4.78, 5) is 0. The van der Waals surface area contributed by atoms with Crippen molar-refractivity contribution < 1.29 is 4.57 Å². The number of hydrogen-bond acceptors (Lipinski definition) is 0. The number of fused-ring (bicyclic) bond motifs is 3. The molecule has 0 bridgehead atoms. The molecule has 0 atom stereocenters. The van der Waals surface area contributed by atoms with E-state index >= 15 is 0 Å². The molecule has 0 spiro atoms. The van der Waals surface area contributed by atoms with Gasteiger partial charge >= 0.3 is 0 Å². The van der Waals surface area contributed by atoms with Gasteiger partial charge in [-0.05, 0) is 64.1 Å². The first-order valence-corrected chi connectivity index (χ1v) is 11.9. The maximum Gasteiger partial charge on any atom is 0.269 e. The zero-order valence-electron chi connectivity index (χ0n) is 20.1. The Morgan fingerprint density at radius 1 is 0.719 bits per heavy atom. The van der Waals surface area contributed by atoms with Gasteiger partial charge in [0.15, 0.2) is 0 Å². The third-order valence-corrected chi connectivity index (χ3v) is 8.25. The number of rotatable bonds is 1. The van der Waals surface area contributed by atoms with Crippen molar-refractivity contribution in [3.05, 3.63) is 89.2 Å². The van der Waals surface area contributed by atoms with Gasteiger partial charge in [0.2, 0.25) is 0 Å². The molecule has 2 heterocycles. The number of imidazole rings is 1. The van der Waals surface area contributed by atoms with Crippen molar-refractivity contribution >= 4 is 11.0 Å². The van der Waals surface area contributed by atoms with E-state index in [0.717, 1.165) is 5.69 Å². The second-order valence-corrected chi connectivity index (χ2v) is 11.6. The topological polar surface area (TPSA) is 8.81 Å². The summed E-state index contributed by atoms with van der Waals surface area (Å²) >= 11 is 0. The number of para-hydroxylation sites is 2. The third kappa shape index (κ3) is 2.50. The lowest BCUT2D eigenvalue weighted by molar-refractivity contribution is -0.575. The van der Waals surface area contributed by atoms with Crippen LogP contribution in [0.2, 0.25) is 0 Å². The van der Waals surface area contributed by atoms with Crippen molar-refractivity contribution in [2.24, 2.45) is 0 Å². The van der Waals surface area contributed by atoms with Crippen LogP contribution in [0.5, 0.6) is 0 Å². The number of aromatic nitrogens is 2. The number of benzene rings is 3. The Labute approximate surface area is 191 Å². The van der Waals surface area contributed by atoms with Crippen molar-refractivity contribution in [3.63, 3.8) is 0 Å². The molecule has 1 aromatic heterocycles. The first-order chi connectivity index (χ1) is 15.1. The average Bonchev–Trinajstić information content (AvgIpc) is 3.16. The molecule has 1 aliphatic heterocycles. The maximum absolute atomic E-state index is 3.73. The molecule has 0 saturated heterocycles. The van der Waals surface area contributed by atoms with Gasteiger partial charge in [0.25, 0.3) is 6.33 Å². The summed E-state index contributed by atoms with van der Waals surface area (Å²) in [5, 5.41) is 0. The second kappa shape index (κ2) is 6.13. The molecule has 3 aromatic carbocycles. The molecule has 2 heteroatoms. The Bertz CT molecular complexity index is 1380. The average molecular weight is 421 g/mol. The van der Waals surface area contributed by atoms with E-state index in [4.69, 9.17) is 0 Å². The van der Waals surface area contributed by atoms with E-state index in [-0.39, 0.29) is 16.2 Å². The molecule has 0 fully saturated rings. The highest BCUT2D eigenvalue weighted by atomic mass is 15.1. The highest BCUT2D eigenvalue weighted by Gasteiger charge is 2.41. The predicted octanol–water partition coefficient (Wildman–Crippen LogP) is 6.70. The van der Waals surface area contributed by atoms with Gasteiger partial charge in [-0.25, -0.2) is 0 Å². The lowest BCUT2D eigenvalue weighted by Crippen LogP contribution is -2.43. The Kier molecular flexibility index (Phi) is 3.79. The molecule has 2 aliphatic rings. The summed E-state index contributed by atoms with van der Waals surface area (Å²) in [6.07, 6.45) is 6.19. The summed E-state index contributed by atoms with van der Waals surface area (Å²) < 4.78 is 4.55. The molecular weight excluding hydrogens is 388 g/mol. The van der Waals surface area contributed by atoms with Crippen LogP contribution in [0.1, 0.15) is 76.6 Å². The standard InChI is InChI=1S/C30H32N2/c1-28(2)15-16-29(3,4)23-18-26-24(17-22(23)28)30(5,6)21-13-10-14-25-27(21)32(26)19-31(25)20-11-8-7-9-12-20/h7-14,17-18H,15-16H2,1-6H3. The molecule has 2 nitrogen and oxygen atoms in total. The smallest absolute Gasteiger partial charge is 0.269 e. The highest BCUT2D eigenvalue weighted by molar-refractivity contribution is 5.82. The van der Waals surface area contributed by atoms with Gasteiger partial charge in [0.1, 0.15) is 0 Å². The molecule has 0 N–H and O–H groups in total. The van der Waals surface area contributed by atoms with Crippen molar-refractivity contribution in [2.75, 3.05) is 0 Å². The Hall–Kier alpha value is -2.87. The van der Waals surface area contributed by atoms with Crippen LogP contribution in [0.4, 0.5) is 0 Å². The molecular formula is C30H32N2. The van der Waals surface area contributed by atoms with Crippen molar-refractivity contribution in [1.29, 1.82) is 0 Å². The van der Waals surface area contributed by atoms with Gasteiger partial charge in [0.05, 0.1) is 22.4 Å². The summed E-state index contributed by atoms with van der Waals surface area (Å²) in [5.74, 6) is 0. The van der Waals surface area contributed by atoms with Crippen LogP contribution in [0.3, 0.4) is 0 Å². The summed E-state index contributed by atoms with van der Waals surface area (Å²) in [6, 6.07) is 22.4. The van der Waals surface area contributed by atoms with Gasteiger partial charge in [-0.2, -0.15) is 0 Å². The van der Waals surface area contributed by atoms with E-state index < -0.39 is 0 Å². The highest BCUT2D eigenvalue weighted by Crippen LogP contribution is 2.50. The Morgan fingerprint density at radius 2 is 1.38 bits per heavy atom. The van der Waals surface area contributed by atoms with Crippen molar-refractivity contribution in [3.8, 4) is 11.4 Å². The fourth-order valence-corrected chi connectivity index (χ4v) is 6.04. The molecule has 6 rings (SSSR count). The second-order valence-electron chi connectivity index (χ2n) is 11.6. The van der Waals surface area contributed by atoms with Crippen LogP contribution in [0, 0.1) is 6.33 Å². The first-order valence-electron chi connectivity index (χ1n) is 11.9. The molecule has 162 valence electrons.